The molecule has 1 aromatic carbocycles. The van der Waals surface area contributed by atoms with Crippen molar-refractivity contribution < 1.29 is 14.3 Å². The minimum atomic E-state index is -1.12. The highest BCUT2D eigenvalue weighted by Gasteiger charge is 2.21. The molecular weight excluding hydrogens is 291 g/mol. The Morgan fingerprint density at radius 3 is 2.67 bits per heavy atom. The molecule has 0 aliphatic heterocycles. The van der Waals surface area contributed by atoms with E-state index in [4.69, 9.17) is 0 Å². The first-order chi connectivity index (χ1) is 10.2. The zero-order chi connectivity index (χ0) is 14.8. The van der Waals surface area contributed by atoms with Gasteiger partial charge in [-0.1, -0.05) is 12.1 Å². The summed E-state index contributed by atoms with van der Waals surface area (Å²) in [5.41, 5.74) is 1.03. The molecule has 0 amide bonds. The quantitative estimate of drug-likeness (QED) is 0.801. The largest absolute Gasteiger partial charge is 0.477 e. The predicted molar refractivity (Wildman–Crippen MR) is 77.7 cm³/mol. The molecule has 0 radical (unpaired) electrons. The Labute approximate surface area is 123 Å². The maximum Gasteiger partial charge on any atom is 0.348 e. The van der Waals surface area contributed by atoms with E-state index in [-0.39, 0.29) is 16.1 Å². The standard InChI is InChI=1S/C15H9FN2O2S/c16-11-6-2-1-5-10(11)12-13(15(19)20)21-14(18-12)9-4-3-7-17-8-9/h1-8H,(H,19,20). The lowest BCUT2D eigenvalue weighted by atomic mass is 10.1. The number of nitrogens with zero attached hydrogens (tertiary/aromatic N) is 2. The summed E-state index contributed by atoms with van der Waals surface area (Å²) in [5, 5.41) is 9.81. The van der Waals surface area contributed by atoms with E-state index in [2.05, 4.69) is 9.97 Å². The van der Waals surface area contributed by atoms with Crippen LogP contribution in [0.3, 0.4) is 0 Å². The number of hydrogen-bond acceptors (Lipinski definition) is 4. The minimum Gasteiger partial charge on any atom is -0.477 e. The summed E-state index contributed by atoms with van der Waals surface area (Å²) in [5.74, 6) is -1.62. The van der Waals surface area contributed by atoms with Crippen molar-refractivity contribution in [2.45, 2.75) is 0 Å². The summed E-state index contributed by atoms with van der Waals surface area (Å²) in [6.07, 6.45) is 3.21. The van der Waals surface area contributed by atoms with E-state index in [9.17, 15) is 14.3 Å². The van der Waals surface area contributed by atoms with Crippen molar-refractivity contribution in [3.63, 3.8) is 0 Å². The van der Waals surface area contributed by atoms with E-state index in [0.717, 1.165) is 11.3 Å². The van der Waals surface area contributed by atoms with Crippen LogP contribution in [-0.2, 0) is 0 Å². The zero-order valence-corrected chi connectivity index (χ0v) is 11.5. The van der Waals surface area contributed by atoms with Crippen LogP contribution in [0.5, 0.6) is 0 Å². The Balaban J connectivity index is 2.19. The Bertz CT molecular complexity index is 802. The number of rotatable bonds is 3. The number of thiazole rings is 1. The highest BCUT2D eigenvalue weighted by molar-refractivity contribution is 7.17. The number of carboxylic acids is 1. The second-order valence-corrected chi connectivity index (χ2v) is 5.22. The summed E-state index contributed by atoms with van der Waals surface area (Å²) in [6.45, 7) is 0. The average molecular weight is 300 g/mol. The van der Waals surface area contributed by atoms with Gasteiger partial charge in [-0.2, -0.15) is 0 Å². The molecule has 21 heavy (non-hydrogen) atoms. The highest BCUT2D eigenvalue weighted by Crippen LogP contribution is 2.34. The van der Waals surface area contributed by atoms with Crippen LogP contribution in [0, 0.1) is 5.82 Å². The maximum absolute atomic E-state index is 13.9. The molecule has 0 bridgehead atoms. The first-order valence-electron chi connectivity index (χ1n) is 6.06. The van der Waals surface area contributed by atoms with E-state index >= 15 is 0 Å². The van der Waals surface area contributed by atoms with Crippen LogP contribution in [0.2, 0.25) is 0 Å². The molecule has 4 nitrogen and oxygen atoms in total. The van der Waals surface area contributed by atoms with Gasteiger partial charge in [0, 0.05) is 23.5 Å². The van der Waals surface area contributed by atoms with Gasteiger partial charge in [0.1, 0.15) is 15.7 Å². The Kier molecular flexibility index (Phi) is 3.45. The van der Waals surface area contributed by atoms with Gasteiger partial charge in [0.15, 0.2) is 0 Å². The fourth-order valence-corrected chi connectivity index (χ4v) is 2.82. The van der Waals surface area contributed by atoms with Crippen molar-refractivity contribution in [3.8, 4) is 21.8 Å². The van der Waals surface area contributed by atoms with Crippen LogP contribution in [0.4, 0.5) is 4.39 Å². The third-order valence-corrected chi connectivity index (χ3v) is 3.95. The lowest BCUT2D eigenvalue weighted by Gasteiger charge is -2.00. The number of carboxylic acid groups (broad SMARTS) is 1. The molecule has 0 fully saturated rings. The number of pyridine rings is 1. The molecule has 0 saturated carbocycles. The number of hydrogen-bond donors (Lipinski definition) is 1. The molecule has 3 aromatic rings. The van der Waals surface area contributed by atoms with Gasteiger partial charge in [0.2, 0.25) is 0 Å². The number of aromatic nitrogens is 2. The molecular formula is C15H9FN2O2S. The lowest BCUT2D eigenvalue weighted by molar-refractivity contribution is 0.0702. The van der Waals surface area contributed by atoms with E-state index < -0.39 is 11.8 Å². The van der Waals surface area contributed by atoms with E-state index in [1.807, 2.05) is 0 Å². The molecule has 6 heteroatoms. The van der Waals surface area contributed by atoms with Crippen LogP contribution in [0.1, 0.15) is 9.67 Å². The molecule has 2 aromatic heterocycles. The third kappa shape index (κ3) is 2.53. The molecule has 0 saturated heterocycles. The third-order valence-electron chi connectivity index (χ3n) is 2.86. The fraction of sp³-hybridized carbons (Fsp3) is 0. The van der Waals surface area contributed by atoms with E-state index in [1.54, 1.807) is 36.7 Å². The Hall–Kier alpha value is -2.60. The lowest BCUT2D eigenvalue weighted by Crippen LogP contribution is -1.96. The minimum absolute atomic E-state index is 0.0129. The monoisotopic (exact) mass is 300 g/mol. The highest BCUT2D eigenvalue weighted by atomic mass is 32.1. The van der Waals surface area contributed by atoms with Crippen molar-refractivity contribution in [3.05, 3.63) is 59.5 Å². The SMILES string of the molecule is O=C(O)c1sc(-c2cccnc2)nc1-c1ccccc1F. The summed E-state index contributed by atoms with van der Waals surface area (Å²) >= 11 is 1.01. The zero-order valence-electron chi connectivity index (χ0n) is 10.7. The van der Waals surface area contributed by atoms with Crippen molar-refractivity contribution in [2.75, 3.05) is 0 Å². The first kappa shape index (κ1) is 13.4. The van der Waals surface area contributed by atoms with Crippen LogP contribution < -0.4 is 0 Å². The van der Waals surface area contributed by atoms with Crippen LogP contribution in [-0.4, -0.2) is 21.0 Å². The van der Waals surface area contributed by atoms with Gasteiger partial charge in [0.05, 0.1) is 5.69 Å². The Morgan fingerprint density at radius 2 is 2.00 bits per heavy atom. The number of halogens is 1. The smallest absolute Gasteiger partial charge is 0.348 e. The number of carbonyl (C=O) groups is 1. The predicted octanol–water partition coefficient (Wildman–Crippen LogP) is 3.71. The fourth-order valence-electron chi connectivity index (χ4n) is 1.91. The summed E-state index contributed by atoms with van der Waals surface area (Å²) < 4.78 is 13.9. The maximum atomic E-state index is 13.9. The number of benzene rings is 1. The molecule has 0 aliphatic carbocycles. The van der Waals surface area contributed by atoms with Gasteiger partial charge in [-0.3, -0.25) is 4.98 Å². The average Bonchev–Trinajstić information content (AvgIpc) is 2.94. The van der Waals surface area contributed by atoms with Crippen molar-refractivity contribution in [1.29, 1.82) is 0 Å². The summed E-state index contributed by atoms with van der Waals surface area (Å²) in [7, 11) is 0. The van der Waals surface area contributed by atoms with Crippen LogP contribution in [0.15, 0.2) is 48.8 Å². The van der Waals surface area contributed by atoms with E-state index in [1.165, 1.54) is 12.1 Å². The van der Waals surface area contributed by atoms with Gasteiger partial charge in [-0.05, 0) is 24.3 Å². The van der Waals surface area contributed by atoms with Crippen molar-refractivity contribution in [1.82, 2.24) is 9.97 Å². The molecule has 0 aliphatic rings. The van der Waals surface area contributed by atoms with E-state index in [0.29, 0.717) is 10.6 Å². The molecule has 104 valence electrons. The first-order valence-corrected chi connectivity index (χ1v) is 6.88. The molecule has 3 rings (SSSR count). The summed E-state index contributed by atoms with van der Waals surface area (Å²) in [4.78, 5) is 19.7. The molecule has 0 atom stereocenters. The number of aromatic carboxylic acids is 1. The normalized spacial score (nSPS) is 10.5. The van der Waals surface area contributed by atoms with Crippen LogP contribution in [0.25, 0.3) is 21.8 Å². The van der Waals surface area contributed by atoms with Gasteiger partial charge >= 0.3 is 5.97 Å². The van der Waals surface area contributed by atoms with Crippen LogP contribution >= 0.6 is 11.3 Å². The second-order valence-electron chi connectivity index (χ2n) is 4.22. The van der Waals surface area contributed by atoms with Crippen molar-refractivity contribution >= 4 is 17.3 Å². The summed E-state index contributed by atoms with van der Waals surface area (Å²) in [6, 6.07) is 9.51. The topological polar surface area (TPSA) is 63.1 Å². The molecule has 0 unspecified atom stereocenters. The van der Waals surface area contributed by atoms with Gasteiger partial charge in [-0.15, -0.1) is 11.3 Å². The van der Waals surface area contributed by atoms with Crippen molar-refractivity contribution in [2.24, 2.45) is 0 Å². The van der Waals surface area contributed by atoms with Gasteiger partial charge in [0.25, 0.3) is 0 Å². The molecule has 0 spiro atoms. The van der Waals surface area contributed by atoms with Gasteiger partial charge < -0.3 is 5.11 Å². The van der Waals surface area contributed by atoms with Gasteiger partial charge in [-0.25, -0.2) is 14.2 Å². The second kappa shape index (κ2) is 5.41. The molecule has 2 heterocycles. The Morgan fingerprint density at radius 1 is 1.19 bits per heavy atom. The molecule has 1 N–H and O–H groups in total.